The molecular formula is C11H17N3O3S. The molecule has 6 nitrogen and oxygen atoms in total. The second-order valence-electron chi connectivity index (χ2n) is 4.57. The summed E-state index contributed by atoms with van der Waals surface area (Å²) in [6.07, 6.45) is 5.96. The first-order valence-electron chi connectivity index (χ1n) is 6.13. The summed E-state index contributed by atoms with van der Waals surface area (Å²) in [5.74, 6) is 0.959. The van der Waals surface area contributed by atoms with Crippen LogP contribution in [0.1, 0.15) is 25.7 Å². The van der Waals surface area contributed by atoms with Gasteiger partial charge in [0, 0.05) is 0 Å². The molecule has 1 saturated carbocycles. The van der Waals surface area contributed by atoms with Crippen molar-refractivity contribution in [3.63, 3.8) is 0 Å². The van der Waals surface area contributed by atoms with Gasteiger partial charge in [-0.1, -0.05) is 12.8 Å². The zero-order valence-electron chi connectivity index (χ0n) is 10.1. The highest BCUT2D eigenvalue weighted by Crippen LogP contribution is 2.32. The van der Waals surface area contributed by atoms with E-state index in [1.807, 2.05) is 0 Å². The number of nitro groups is 1. The molecule has 1 aromatic rings. The minimum Gasteiger partial charge on any atom is -0.470 e. The van der Waals surface area contributed by atoms with E-state index in [0.717, 1.165) is 24.2 Å². The van der Waals surface area contributed by atoms with Crippen molar-refractivity contribution in [2.45, 2.75) is 25.7 Å². The van der Waals surface area contributed by atoms with Crippen LogP contribution in [0.3, 0.4) is 0 Å². The van der Waals surface area contributed by atoms with Gasteiger partial charge < -0.3 is 10.5 Å². The molecule has 100 valence electrons. The van der Waals surface area contributed by atoms with Gasteiger partial charge >= 0.3 is 5.00 Å². The monoisotopic (exact) mass is 271 g/mol. The van der Waals surface area contributed by atoms with Gasteiger partial charge in [0.2, 0.25) is 0 Å². The summed E-state index contributed by atoms with van der Waals surface area (Å²) in [6.45, 7) is 1.25. The average molecular weight is 271 g/mol. The van der Waals surface area contributed by atoms with Gasteiger partial charge in [-0.15, -0.1) is 0 Å². The van der Waals surface area contributed by atoms with E-state index < -0.39 is 4.92 Å². The zero-order chi connectivity index (χ0) is 13.0. The quantitative estimate of drug-likeness (QED) is 0.654. The van der Waals surface area contributed by atoms with Crippen molar-refractivity contribution in [2.75, 3.05) is 13.2 Å². The average Bonchev–Trinajstić information content (AvgIpc) is 2.85. The van der Waals surface area contributed by atoms with Gasteiger partial charge in [-0.2, -0.15) is 0 Å². The van der Waals surface area contributed by atoms with Crippen molar-refractivity contribution in [3.05, 3.63) is 16.3 Å². The van der Waals surface area contributed by atoms with Crippen molar-refractivity contribution in [3.8, 4) is 5.19 Å². The standard InChI is InChI=1S/C11H17N3O3S/c12-5-8-3-1-2-4-9(8)7-17-11-13-6-10(18-11)14(15)16/h6,8-9H,1-5,7,12H2. The predicted molar refractivity (Wildman–Crippen MR) is 68.8 cm³/mol. The molecule has 1 heterocycles. The smallest absolute Gasteiger partial charge is 0.347 e. The summed E-state index contributed by atoms with van der Waals surface area (Å²) in [7, 11) is 0. The molecule has 0 aliphatic heterocycles. The highest BCUT2D eigenvalue weighted by molar-refractivity contribution is 7.16. The Morgan fingerprint density at radius 2 is 2.22 bits per heavy atom. The molecule has 0 spiro atoms. The molecule has 1 aromatic heterocycles. The lowest BCUT2D eigenvalue weighted by Gasteiger charge is -2.29. The van der Waals surface area contributed by atoms with Crippen LogP contribution >= 0.6 is 11.3 Å². The van der Waals surface area contributed by atoms with Gasteiger partial charge in [0.05, 0.1) is 11.5 Å². The molecule has 18 heavy (non-hydrogen) atoms. The number of hydrogen-bond donors (Lipinski definition) is 1. The SMILES string of the molecule is NCC1CCCCC1COc1ncc([N+](=O)[O-])s1. The van der Waals surface area contributed by atoms with Crippen molar-refractivity contribution in [1.29, 1.82) is 0 Å². The van der Waals surface area contributed by atoms with Gasteiger partial charge in [-0.05, 0) is 42.6 Å². The number of ether oxygens (including phenoxy) is 1. The Morgan fingerprint density at radius 1 is 1.50 bits per heavy atom. The summed E-state index contributed by atoms with van der Waals surface area (Å²) in [5, 5.41) is 10.9. The van der Waals surface area contributed by atoms with Gasteiger partial charge in [0.25, 0.3) is 5.19 Å². The largest absolute Gasteiger partial charge is 0.470 e. The molecule has 1 aliphatic rings. The minimum absolute atomic E-state index is 0.0176. The molecular weight excluding hydrogens is 254 g/mol. The lowest BCUT2D eigenvalue weighted by atomic mass is 9.80. The summed E-state index contributed by atoms with van der Waals surface area (Å²) >= 11 is 0.975. The number of nitrogens with zero attached hydrogens (tertiary/aromatic N) is 2. The van der Waals surface area contributed by atoms with E-state index in [0.29, 0.717) is 30.2 Å². The lowest BCUT2D eigenvalue weighted by Crippen LogP contribution is -2.30. The summed E-state index contributed by atoms with van der Waals surface area (Å²) in [6, 6.07) is 0. The summed E-state index contributed by atoms with van der Waals surface area (Å²) in [5.41, 5.74) is 5.75. The highest BCUT2D eigenvalue weighted by atomic mass is 32.1. The van der Waals surface area contributed by atoms with Gasteiger partial charge in [-0.25, -0.2) is 4.98 Å². The first-order chi connectivity index (χ1) is 8.70. The van der Waals surface area contributed by atoms with Gasteiger partial charge in [0.1, 0.15) is 6.20 Å². The summed E-state index contributed by atoms with van der Waals surface area (Å²) < 4.78 is 5.56. The topological polar surface area (TPSA) is 91.3 Å². The van der Waals surface area contributed by atoms with E-state index >= 15 is 0 Å². The second kappa shape index (κ2) is 6.10. The first-order valence-corrected chi connectivity index (χ1v) is 6.95. The molecule has 7 heteroatoms. The molecule has 1 fully saturated rings. The Kier molecular flexibility index (Phi) is 4.48. The van der Waals surface area contributed by atoms with Crippen molar-refractivity contribution >= 4 is 16.3 Å². The number of aromatic nitrogens is 1. The molecule has 2 N–H and O–H groups in total. The van der Waals surface area contributed by atoms with E-state index in [1.165, 1.54) is 19.0 Å². The molecule has 2 rings (SSSR count). The Labute approximate surface area is 109 Å². The number of rotatable bonds is 5. The van der Waals surface area contributed by atoms with Crippen molar-refractivity contribution in [2.24, 2.45) is 17.6 Å². The van der Waals surface area contributed by atoms with E-state index in [1.54, 1.807) is 0 Å². The number of hydrogen-bond acceptors (Lipinski definition) is 6. The second-order valence-corrected chi connectivity index (χ2v) is 5.54. The third kappa shape index (κ3) is 3.17. The zero-order valence-corrected chi connectivity index (χ0v) is 10.9. The van der Waals surface area contributed by atoms with Gasteiger partial charge in [0.15, 0.2) is 0 Å². The summed E-state index contributed by atoms with van der Waals surface area (Å²) in [4.78, 5) is 14.0. The fraction of sp³-hybridized carbons (Fsp3) is 0.727. The van der Waals surface area contributed by atoms with E-state index in [2.05, 4.69) is 4.98 Å². The van der Waals surface area contributed by atoms with Crippen molar-refractivity contribution in [1.82, 2.24) is 4.98 Å². The minimum atomic E-state index is -0.451. The normalized spacial score (nSPS) is 23.8. The van der Waals surface area contributed by atoms with E-state index in [-0.39, 0.29) is 5.00 Å². The Bertz CT molecular complexity index is 410. The Hall–Kier alpha value is -1.21. The van der Waals surface area contributed by atoms with Crippen LogP contribution < -0.4 is 10.5 Å². The van der Waals surface area contributed by atoms with Crippen LogP contribution in [-0.2, 0) is 0 Å². The third-order valence-electron chi connectivity index (χ3n) is 3.44. The molecule has 0 amide bonds. The molecule has 1 aliphatic carbocycles. The van der Waals surface area contributed by atoms with Crippen LogP contribution in [0.4, 0.5) is 5.00 Å². The van der Waals surface area contributed by atoms with E-state index in [9.17, 15) is 10.1 Å². The molecule has 0 aromatic carbocycles. The maximum absolute atomic E-state index is 10.5. The lowest BCUT2D eigenvalue weighted by molar-refractivity contribution is -0.380. The van der Waals surface area contributed by atoms with Crippen LogP contribution in [0.5, 0.6) is 5.19 Å². The maximum atomic E-state index is 10.5. The molecule has 0 bridgehead atoms. The van der Waals surface area contributed by atoms with Gasteiger partial charge in [-0.3, -0.25) is 10.1 Å². The Morgan fingerprint density at radius 3 is 2.83 bits per heavy atom. The maximum Gasteiger partial charge on any atom is 0.347 e. The van der Waals surface area contributed by atoms with E-state index in [4.69, 9.17) is 10.5 Å². The van der Waals surface area contributed by atoms with Crippen LogP contribution in [0.2, 0.25) is 0 Å². The van der Waals surface area contributed by atoms with Crippen LogP contribution in [0.25, 0.3) is 0 Å². The molecule has 0 saturated heterocycles. The predicted octanol–water partition coefficient (Wildman–Crippen LogP) is 2.20. The van der Waals surface area contributed by atoms with Crippen LogP contribution in [-0.4, -0.2) is 23.1 Å². The molecule has 2 atom stereocenters. The highest BCUT2D eigenvalue weighted by Gasteiger charge is 2.25. The van der Waals surface area contributed by atoms with Crippen LogP contribution in [0.15, 0.2) is 6.20 Å². The molecule has 2 unspecified atom stereocenters. The third-order valence-corrected chi connectivity index (χ3v) is 4.30. The fourth-order valence-electron chi connectivity index (χ4n) is 2.39. The number of thiazole rings is 1. The number of nitrogens with two attached hydrogens (primary N) is 1. The Balaban J connectivity index is 1.87. The first kappa shape index (κ1) is 13.2. The van der Waals surface area contributed by atoms with Crippen molar-refractivity contribution < 1.29 is 9.66 Å². The fourth-order valence-corrected chi connectivity index (χ4v) is 2.98. The van der Waals surface area contributed by atoms with Crippen LogP contribution in [0, 0.1) is 22.0 Å². The molecule has 0 radical (unpaired) electrons.